The summed E-state index contributed by atoms with van der Waals surface area (Å²) in [5, 5.41) is 3.81. The standard InChI is InChI=1S/C10H16N2O3S/c1-4-8-11-10(15-12-8)7(3)16-6-9(13)14-5-2/h7H,4-6H2,1-3H3. The number of thioether (sulfide) groups is 1. The van der Waals surface area contributed by atoms with E-state index in [-0.39, 0.29) is 11.2 Å². The second-order valence-electron chi connectivity index (χ2n) is 3.16. The number of aromatic nitrogens is 2. The summed E-state index contributed by atoms with van der Waals surface area (Å²) >= 11 is 1.43. The van der Waals surface area contributed by atoms with Crippen LogP contribution in [0.2, 0.25) is 0 Å². The third-order valence-electron chi connectivity index (χ3n) is 1.90. The van der Waals surface area contributed by atoms with Crippen LogP contribution in [-0.2, 0) is 16.0 Å². The number of nitrogens with zero attached hydrogens (tertiary/aromatic N) is 2. The Morgan fingerprint density at radius 1 is 1.56 bits per heavy atom. The van der Waals surface area contributed by atoms with E-state index >= 15 is 0 Å². The molecule has 5 nitrogen and oxygen atoms in total. The molecule has 1 atom stereocenters. The van der Waals surface area contributed by atoms with Crippen LogP contribution in [0.15, 0.2) is 4.52 Å². The van der Waals surface area contributed by atoms with E-state index in [1.54, 1.807) is 6.92 Å². The molecule has 0 bridgehead atoms. The molecule has 1 aromatic heterocycles. The Morgan fingerprint density at radius 3 is 2.88 bits per heavy atom. The zero-order valence-corrected chi connectivity index (χ0v) is 10.5. The second-order valence-corrected chi connectivity index (χ2v) is 4.49. The summed E-state index contributed by atoms with van der Waals surface area (Å²) in [4.78, 5) is 15.3. The van der Waals surface area contributed by atoms with Gasteiger partial charge in [-0.2, -0.15) is 4.98 Å². The summed E-state index contributed by atoms with van der Waals surface area (Å²) in [6.07, 6.45) is 0.749. The highest BCUT2D eigenvalue weighted by atomic mass is 32.2. The summed E-state index contributed by atoms with van der Waals surface area (Å²) in [6.45, 7) is 6.09. The quantitative estimate of drug-likeness (QED) is 0.713. The van der Waals surface area contributed by atoms with Crippen molar-refractivity contribution in [2.24, 2.45) is 0 Å². The molecule has 0 aromatic carbocycles. The Hall–Kier alpha value is -1.04. The molecule has 0 spiro atoms. The lowest BCUT2D eigenvalue weighted by atomic mass is 10.4. The van der Waals surface area contributed by atoms with Crippen LogP contribution in [0.4, 0.5) is 0 Å². The zero-order valence-electron chi connectivity index (χ0n) is 9.73. The van der Waals surface area contributed by atoms with Gasteiger partial charge in [0.1, 0.15) is 0 Å². The minimum absolute atomic E-state index is 0.0113. The lowest BCUT2D eigenvalue weighted by Crippen LogP contribution is -2.07. The molecule has 0 aliphatic heterocycles. The molecule has 90 valence electrons. The number of carbonyl (C=O) groups excluding carboxylic acids is 1. The molecule has 0 fully saturated rings. The molecule has 1 heterocycles. The van der Waals surface area contributed by atoms with E-state index in [4.69, 9.17) is 9.26 Å². The van der Waals surface area contributed by atoms with Crippen LogP contribution in [0, 0.1) is 0 Å². The van der Waals surface area contributed by atoms with Gasteiger partial charge in [-0.15, -0.1) is 11.8 Å². The lowest BCUT2D eigenvalue weighted by molar-refractivity contribution is -0.139. The maximum absolute atomic E-state index is 11.1. The van der Waals surface area contributed by atoms with Gasteiger partial charge in [0, 0.05) is 6.42 Å². The molecule has 16 heavy (non-hydrogen) atoms. The third kappa shape index (κ3) is 3.84. The van der Waals surface area contributed by atoms with E-state index in [0.29, 0.717) is 24.1 Å². The summed E-state index contributed by atoms with van der Waals surface area (Å²) in [7, 11) is 0. The van der Waals surface area contributed by atoms with Gasteiger partial charge in [0.05, 0.1) is 17.6 Å². The number of aryl methyl sites for hydroxylation is 1. The van der Waals surface area contributed by atoms with Gasteiger partial charge in [0.15, 0.2) is 5.82 Å². The van der Waals surface area contributed by atoms with Gasteiger partial charge < -0.3 is 9.26 Å². The van der Waals surface area contributed by atoms with Crippen molar-refractivity contribution in [1.29, 1.82) is 0 Å². The van der Waals surface area contributed by atoms with E-state index < -0.39 is 0 Å². The lowest BCUT2D eigenvalue weighted by Gasteiger charge is -2.05. The highest BCUT2D eigenvalue weighted by Gasteiger charge is 2.15. The number of hydrogen-bond acceptors (Lipinski definition) is 6. The number of rotatable bonds is 6. The highest BCUT2D eigenvalue weighted by Crippen LogP contribution is 2.26. The fourth-order valence-corrected chi connectivity index (χ4v) is 1.75. The van der Waals surface area contributed by atoms with Crippen molar-refractivity contribution in [3.8, 4) is 0 Å². The number of esters is 1. The van der Waals surface area contributed by atoms with Crippen molar-refractivity contribution in [2.75, 3.05) is 12.4 Å². The predicted octanol–water partition coefficient (Wildman–Crippen LogP) is 1.99. The summed E-state index contributed by atoms with van der Waals surface area (Å²) in [6, 6.07) is 0. The average molecular weight is 244 g/mol. The van der Waals surface area contributed by atoms with E-state index in [9.17, 15) is 4.79 Å². The summed E-state index contributed by atoms with van der Waals surface area (Å²) < 4.78 is 9.90. The maximum atomic E-state index is 11.1. The van der Waals surface area contributed by atoms with E-state index in [1.165, 1.54) is 11.8 Å². The molecule has 1 rings (SSSR count). The monoisotopic (exact) mass is 244 g/mol. The Labute approximate surface area is 98.9 Å². The molecule has 0 aliphatic rings. The molecule has 0 radical (unpaired) electrons. The van der Waals surface area contributed by atoms with Crippen molar-refractivity contribution < 1.29 is 14.1 Å². The first-order valence-electron chi connectivity index (χ1n) is 5.27. The molecule has 0 aliphatic carbocycles. The fourth-order valence-electron chi connectivity index (χ4n) is 1.04. The van der Waals surface area contributed by atoms with E-state index in [1.807, 2.05) is 13.8 Å². The first-order chi connectivity index (χ1) is 7.67. The smallest absolute Gasteiger partial charge is 0.315 e. The van der Waals surface area contributed by atoms with Crippen molar-refractivity contribution in [1.82, 2.24) is 10.1 Å². The Kier molecular flexibility index (Phi) is 5.31. The topological polar surface area (TPSA) is 65.2 Å². The number of ether oxygens (including phenoxy) is 1. The maximum Gasteiger partial charge on any atom is 0.315 e. The third-order valence-corrected chi connectivity index (χ3v) is 3.01. The fraction of sp³-hybridized carbons (Fsp3) is 0.700. The Balaban J connectivity index is 2.40. The molecule has 6 heteroatoms. The molecule has 0 saturated heterocycles. The van der Waals surface area contributed by atoms with Crippen molar-refractivity contribution >= 4 is 17.7 Å². The number of hydrogen-bond donors (Lipinski definition) is 0. The normalized spacial score (nSPS) is 12.4. The second kappa shape index (κ2) is 6.52. The van der Waals surface area contributed by atoms with Gasteiger partial charge in [-0.05, 0) is 13.8 Å². The van der Waals surface area contributed by atoms with Crippen molar-refractivity contribution in [3.63, 3.8) is 0 Å². The minimum atomic E-state index is -0.213. The van der Waals surface area contributed by atoms with Gasteiger partial charge in [-0.3, -0.25) is 4.79 Å². The van der Waals surface area contributed by atoms with Crippen LogP contribution in [0.1, 0.15) is 37.7 Å². The van der Waals surface area contributed by atoms with E-state index in [2.05, 4.69) is 10.1 Å². The van der Waals surface area contributed by atoms with Crippen LogP contribution in [0.3, 0.4) is 0 Å². The van der Waals surface area contributed by atoms with Crippen LogP contribution in [0.5, 0.6) is 0 Å². The van der Waals surface area contributed by atoms with Gasteiger partial charge >= 0.3 is 5.97 Å². The van der Waals surface area contributed by atoms with Gasteiger partial charge in [-0.25, -0.2) is 0 Å². The first kappa shape index (κ1) is 13.0. The summed E-state index contributed by atoms with van der Waals surface area (Å²) in [5.41, 5.74) is 0. The van der Waals surface area contributed by atoms with Crippen molar-refractivity contribution in [2.45, 2.75) is 32.4 Å². The van der Waals surface area contributed by atoms with Crippen LogP contribution in [-0.4, -0.2) is 28.5 Å². The van der Waals surface area contributed by atoms with Crippen LogP contribution < -0.4 is 0 Å². The Morgan fingerprint density at radius 2 is 2.31 bits per heavy atom. The minimum Gasteiger partial charge on any atom is -0.465 e. The van der Waals surface area contributed by atoms with Crippen LogP contribution >= 0.6 is 11.8 Å². The zero-order chi connectivity index (χ0) is 12.0. The predicted molar refractivity (Wildman–Crippen MR) is 61.2 cm³/mol. The van der Waals surface area contributed by atoms with E-state index in [0.717, 1.165) is 6.42 Å². The number of carbonyl (C=O) groups is 1. The molecule has 1 unspecified atom stereocenters. The van der Waals surface area contributed by atoms with Gasteiger partial charge in [-0.1, -0.05) is 12.1 Å². The first-order valence-corrected chi connectivity index (χ1v) is 6.31. The molecular weight excluding hydrogens is 228 g/mol. The van der Waals surface area contributed by atoms with Gasteiger partial charge in [0.25, 0.3) is 0 Å². The average Bonchev–Trinajstić information content (AvgIpc) is 2.75. The molecule has 0 saturated carbocycles. The highest BCUT2D eigenvalue weighted by molar-refractivity contribution is 8.00. The van der Waals surface area contributed by atoms with Crippen LogP contribution in [0.25, 0.3) is 0 Å². The largest absolute Gasteiger partial charge is 0.465 e. The van der Waals surface area contributed by atoms with Gasteiger partial charge in [0.2, 0.25) is 5.89 Å². The molecule has 1 aromatic rings. The molecule has 0 N–H and O–H groups in total. The molecular formula is C10H16N2O3S. The molecule has 0 amide bonds. The van der Waals surface area contributed by atoms with Crippen molar-refractivity contribution in [3.05, 3.63) is 11.7 Å². The summed E-state index contributed by atoms with van der Waals surface area (Å²) in [5.74, 6) is 1.35. The SMILES string of the molecule is CCOC(=O)CSC(C)c1nc(CC)no1. The Bertz CT molecular complexity index is 341.